The number of aryl methyl sites for hydroxylation is 1. The molecular weight excluding hydrogens is 294 g/mol. The molecule has 110 valence electrons. The molecule has 3 nitrogen and oxygen atoms in total. The van der Waals surface area contributed by atoms with Crippen molar-refractivity contribution in [2.24, 2.45) is 0 Å². The molecule has 0 fully saturated rings. The molecule has 0 radical (unpaired) electrons. The molecule has 0 bridgehead atoms. The molecule has 22 heavy (non-hydrogen) atoms. The minimum absolute atomic E-state index is 0.276. The number of carboxylic acids is 1. The Labute approximate surface area is 133 Å². The van der Waals surface area contributed by atoms with E-state index in [0.29, 0.717) is 11.4 Å². The van der Waals surface area contributed by atoms with Gasteiger partial charge in [0.15, 0.2) is 0 Å². The van der Waals surface area contributed by atoms with Crippen molar-refractivity contribution in [3.05, 3.63) is 71.4 Å². The maximum Gasteiger partial charge on any atom is 0.337 e. The van der Waals surface area contributed by atoms with Crippen molar-refractivity contribution >= 4 is 28.6 Å². The lowest BCUT2D eigenvalue weighted by Crippen LogP contribution is -2.04. The lowest BCUT2D eigenvalue weighted by molar-refractivity contribution is 0.0695. The van der Waals surface area contributed by atoms with Crippen molar-refractivity contribution in [1.82, 2.24) is 4.98 Å². The average molecular weight is 309 g/mol. The standard InChI is InChI=1S/C18H15NO2S/c1-12-6-8-14(9-7-12)22-11-17-15(18(20)21)10-13-4-2-3-5-16(13)19-17/h2-10H,11H2,1H3,(H,20,21). The Morgan fingerprint density at radius 1 is 1.14 bits per heavy atom. The Bertz CT molecular complexity index is 828. The van der Waals surface area contributed by atoms with E-state index in [1.165, 1.54) is 5.56 Å². The van der Waals surface area contributed by atoms with Gasteiger partial charge in [0.1, 0.15) is 0 Å². The van der Waals surface area contributed by atoms with Crippen molar-refractivity contribution in [2.75, 3.05) is 0 Å². The zero-order valence-electron chi connectivity index (χ0n) is 12.1. The lowest BCUT2D eigenvalue weighted by Gasteiger charge is -2.08. The summed E-state index contributed by atoms with van der Waals surface area (Å²) in [5, 5.41) is 10.3. The van der Waals surface area contributed by atoms with Crippen LogP contribution in [0.5, 0.6) is 0 Å². The Hall–Kier alpha value is -2.33. The third-order valence-electron chi connectivity index (χ3n) is 3.43. The molecule has 0 saturated carbocycles. The molecule has 0 aliphatic rings. The highest BCUT2D eigenvalue weighted by Crippen LogP contribution is 2.26. The summed E-state index contributed by atoms with van der Waals surface area (Å²) in [6.07, 6.45) is 0. The monoisotopic (exact) mass is 309 g/mol. The number of nitrogens with zero attached hydrogens (tertiary/aromatic N) is 1. The van der Waals surface area contributed by atoms with Gasteiger partial charge in [0.2, 0.25) is 0 Å². The summed E-state index contributed by atoms with van der Waals surface area (Å²) in [6, 6.07) is 17.5. The fourth-order valence-electron chi connectivity index (χ4n) is 2.24. The van der Waals surface area contributed by atoms with E-state index < -0.39 is 5.97 Å². The molecule has 0 atom stereocenters. The molecule has 3 aromatic rings. The third-order valence-corrected chi connectivity index (χ3v) is 4.45. The molecular formula is C18H15NO2S. The van der Waals surface area contributed by atoms with Gasteiger partial charge >= 0.3 is 5.97 Å². The van der Waals surface area contributed by atoms with Gasteiger partial charge < -0.3 is 5.11 Å². The average Bonchev–Trinajstić information content (AvgIpc) is 2.53. The predicted octanol–water partition coefficient (Wildman–Crippen LogP) is 4.53. The van der Waals surface area contributed by atoms with Gasteiger partial charge in [-0.15, -0.1) is 11.8 Å². The van der Waals surface area contributed by atoms with E-state index in [1.807, 2.05) is 55.5 Å². The van der Waals surface area contributed by atoms with Crippen molar-refractivity contribution < 1.29 is 9.90 Å². The van der Waals surface area contributed by atoms with E-state index in [1.54, 1.807) is 17.8 Å². The highest BCUT2D eigenvalue weighted by Gasteiger charge is 2.13. The Balaban J connectivity index is 1.92. The number of thioether (sulfide) groups is 1. The van der Waals surface area contributed by atoms with Crippen LogP contribution in [-0.2, 0) is 5.75 Å². The van der Waals surface area contributed by atoms with Crippen LogP contribution in [0, 0.1) is 6.92 Å². The Morgan fingerprint density at radius 3 is 2.59 bits per heavy atom. The Kier molecular flexibility index (Phi) is 4.11. The number of pyridine rings is 1. The van der Waals surface area contributed by atoms with E-state index >= 15 is 0 Å². The van der Waals surface area contributed by atoms with E-state index in [0.717, 1.165) is 15.8 Å². The van der Waals surface area contributed by atoms with Crippen LogP contribution >= 0.6 is 11.8 Å². The second-order valence-electron chi connectivity index (χ2n) is 5.08. The number of carboxylic acid groups (broad SMARTS) is 1. The van der Waals surface area contributed by atoms with Crippen LogP contribution < -0.4 is 0 Å². The summed E-state index contributed by atoms with van der Waals surface area (Å²) in [7, 11) is 0. The number of hydrogen-bond donors (Lipinski definition) is 1. The van der Waals surface area contributed by atoms with Gasteiger partial charge in [-0.1, -0.05) is 35.9 Å². The summed E-state index contributed by atoms with van der Waals surface area (Å²) in [6.45, 7) is 2.04. The fraction of sp³-hybridized carbons (Fsp3) is 0.111. The first-order valence-corrected chi connectivity index (χ1v) is 7.93. The summed E-state index contributed by atoms with van der Waals surface area (Å²) >= 11 is 1.60. The molecule has 3 rings (SSSR count). The number of aromatic nitrogens is 1. The van der Waals surface area contributed by atoms with Crippen LogP contribution in [0.1, 0.15) is 21.6 Å². The number of rotatable bonds is 4. The summed E-state index contributed by atoms with van der Waals surface area (Å²) in [5.74, 6) is -0.395. The predicted molar refractivity (Wildman–Crippen MR) is 89.4 cm³/mol. The van der Waals surface area contributed by atoms with E-state index in [-0.39, 0.29) is 5.56 Å². The third kappa shape index (κ3) is 3.12. The first-order chi connectivity index (χ1) is 10.6. The van der Waals surface area contributed by atoms with E-state index in [4.69, 9.17) is 0 Å². The minimum Gasteiger partial charge on any atom is -0.478 e. The SMILES string of the molecule is Cc1ccc(SCc2nc3ccccc3cc2C(=O)O)cc1. The first kappa shape index (κ1) is 14.6. The van der Waals surface area contributed by atoms with E-state index in [2.05, 4.69) is 4.98 Å². The molecule has 0 aliphatic carbocycles. The van der Waals surface area contributed by atoms with Gasteiger partial charge in [0, 0.05) is 16.0 Å². The molecule has 4 heteroatoms. The van der Waals surface area contributed by atoms with Gasteiger partial charge in [0.25, 0.3) is 0 Å². The second kappa shape index (κ2) is 6.20. The maximum absolute atomic E-state index is 11.5. The smallest absolute Gasteiger partial charge is 0.337 e. The topological polar surface area (TPSA) is 50.2 Å². The quantitative estimate of drug-likeness (QED) is 0.719. The molecule has 0 aliphatic heterocycles. The lowest BCUT2D eigenvalue weighted by atomic mass is 10.1. The van der Waals surface area contributed by atoms with Crippen molar-refractivity contribution in [3.63, 3.8) is 0 Å². The minimum atomic E-state index is -0.933. The molecule has 1 aromatic heterocycles. The van der Waals surface area contributed by atoms with Crippen molar-refractivity contribution in [2.45, 2.75) is 17.6 Å². The molecule has 2 aromatic carbocycles. The van der Waals surface area contributed by atoms with Crippen LogP contribution in [0.15, 0.2) is 59.5 Å². The number of para-hydroxylation sites is 1. The van der Waals surface area contributed by atoms with Gasteiger partial charge in [0.05, 0.1) is 16.8 Å². The molecule has 0 unspecified atom stereocenters. The highest BCUT2D eigenvalue weighted by atomic mass is 32.2. The summed E-state index contributed by atoms with van der Waals surface area (Å²) in [4.78, 5) is 17.1. The molecule has 1 heterocycles. The van der Waals surface area contributed by atoms with Crippen LogP contribution in [-0.4, -0.2) is 16.1 Å². The van der Waals surface area contributed by atoms with Crippen LogP contribution in [0.25, 0.3) is 10.9 Å². The van der Waals surface area contributed by atoms with Crippen LogP contribution in [0.2, 0.25) is 0 Å². The molecule has 0 spiro atoms. The number of hydrogen-bond acceptors (Lipinski definition) is 3. The molecule has 0 saturated heterocycles. The van der Waals surface area contributed by atoms with Crippen LogP contribution in [0.4, 0.5) is 0 Å². The number of fused-ring (bicyclic) bond motifs is 1. The molecule has 0 amide bonds. The second-order valence-corrected chi connectivity index (χ2v) is 6.13. The Morgan fingerprint density at radius 2 is 1.86 bits per heavy atom. The van der Waals surface area contributed by atoms with Gasteiger partial charge in [-0.3, -0.25) is 4.98 Å². The first-order valence-electron chi connectivity index (χ1n) is 6.95. The normalized spacial score (nSPS) is 10.8. The molecule has 1 N–H and O–H groups in total. The number of benzene rings is 2. The van der Waals surface area contributed by atoms with Crippen LogP contribution in [0.3, 0.4) is 0 Å². The highest BCUT2D eigenvalue weighted by molar-refractivity contribution is 7.98. The zero-order chi connectivity index (χ0) is 15.5. The van der Waals surface area contributed by atoms with Crippen molar-refractivity contribution in [3.8, 4) is 0 Å². The number of carbonyl (C=O) groups is 1. The number of aromatic carboxylic acids is 1. The largest absolute Gasteiger partial charge is 0.478 e. The van der Waals surface area contributed by atoms with Gasteiger partial charge in [-0.2, -0.15) is 0 Å². The fourth-order valence-corrected chi connectivity index (χ4v) is 3.09. The zero-order valence-corrected chi connectivity index (χ0v) is 12.9. The summed E-state index contributed by atoms with van der Waals surface area (Å²) < 4.78 is 0. The van der Waals surface area contributed by atoms with E-state index in [9.17, 15) is 9.90 Å². The maximum atomic E-state index is 11.5. The summed E-state index contributed by atoms with van der Waals surface area (Å²) in [5.41, 5.74) is 2.92. The van der Waals surface area contributed by atoms with Gasteiger partial charge in [-0.05, 0) is 31.2 Å². The van der Waals surface area contributed by atoms with Gasteiger partial charge in [-0.25, -0.2) is 4.79 Å². The van der Waals surface area contributed by atoms with Crippen molar-refractivity contribution in [1.29, 1.82) is 0 Å².